The Hall–Kier alpha value is -1.83. The standard InChI is InChI=1S/C20H27N3O/c1-2-3-13-20(21-22-20)14-12-19(24)23-15-8-7-11-18(23)16-17-9-5-4-6-10-17/h1,4-6,9-10,18,21-22H,3,7-8,11-16H2. The van der Waals surface area contributed by atoms with E-state index in [0.29, 0.717) is 12.5 Å². The number of terminal acetylenes is 1. The highest BCUT2D eigenvalue weighted by molar-refractivity contribution is 5.76. The fourth-order valence-corrected chi connectivity index (χ4v) is 3.64. The van der Waals surface area contributed by atoms with Gasteiger partial charge in [-0.15, -0.1) is 12.3 Å². The number of nitrogens with zero attached hydrogens (tertiary/aromatic N) is 1. The van der Waals surface area contributed by atoms with Crippen molar-refractivity contribution in [1.29, 1.82) is 0 Å². The van der Waals surface area contributed by atoms with E-state index < -0.39 is 0 Å². The maximum Gasteiger partial charge on any atom is 0.222 e. The lowest BCUT2D eigenvalue weighted by atomic mass is 9.94. The van der Waals surface area contributed by atoms with E-state index in [1.54, 1.807) is 0 Å². The van der Waals surface area contributed by atoms with Crippen molar-refractivity contribution in [2.75, 3.05) is 6.54 Å². The van der Waals surface area contributed by atoms with Gasteiger partial charge in [-0.1, -0.05) is 30.3 Å². The summed E-state index contributed by atoms with van der Waals surface area (Å²) < 4.78 is 0. The molecule has 0 radical (unpaired) electrons. The van der Waals surface area contributed by atoms with Gasteiger partial charge in [-0.3, -0.25) is 4.79 Å². The number of carbonyl (C=O) groups is 1. The van der Waals surface area contributed by atoms with E-state index >= 15 is 0 Å². The van der Waals surface area contributed by atoms with Gasteiger partial charge in [-0.25, -0.2) is 10.9 Å². The molecule has 2 aliphatic heterocycles. The second kappa shape index (κ2) is 7.83. The Morgan fingerprint density at radius 2 is 2.04 bits per heavy atom. The van der Waals surface area contributed by atoms with Crippen LogP contribution in [0.15, 0.2) is 30.3 Å². The van der Waals surface area contributed by atoms with Crippen molar-refractivity contribution >= 4 is 5.91 Å². The van der Waals surface area contributed by atoms with Gasteiger partial charge in [0.1, 0.15) is 0 Å². The molecule has 2 saturated heterocycles. The van der Waals surface area contributed by atoms with Crippen molar-refractivity contribution in [2.24, 2.45) is 0 Å². The molecular formula is C20H27N3O. The van der Waals surface area contributed by atoms with Crippen LogP contribution >= 0.6 is 0 Å². The average molecular weight is 325 g/mol. The first-order valence-corrected chi connectivity index (χ1v) is 9.04. The number of hydrazine groups is 1. The number of likely N-dealkylation sites (tertiary alicyclic amines) is 1. The lowest BCUT2D eigenvalue weighted by Gasteiger charge is -2.36. The molecule has 4 nitrogen and oxygen atoms in total. The van der Waals surface area contributed by atoms with Crippen molar-refractivity contribution in [3.05, 3.63) is 35.9 Å². The predicted octanol–water partition coefficient (Wildman–Crippen LogP) is 2.61. The molecule has 24 heavy (non-hydrogen) atoms. The van der Waals surface area contributed by atoms with Crippen LogP contribution < -0.4 is 10.9 Å². The van der Waals surface area contributed by atoms with E-state index in [2.05, 4.69) is 45.9 Å². The zero-order valence-corrected chi connectivity index (χ0v) is 14.3. The second-order valence-corrected chi connectivity index (χ2v) is 6.96. The van der Waals surface area contributed by atoms with Crippen molar-refractivity contribution in [2.45, 2.75) is 63.1 Å². The molecular weight excluding hydrogens is 298 g/mol. The maximum atomic E-state index is 12.8. The van der Waals surface area contributed by atoms with Gasteiger partial charge in [0, 0.05) is 25.4 Å². The maximum absolute atomic E-state index is 12.8. The van der Waals surface area contributed by atoms with Gasteiger partial charge in [0.05, 0.1) is 5.66 Å². The summed E-state index contributed by atoms with van der Waals surface area (Å²) in [5.41, 5.74) is 7.56. The van der Waals surface area contributed by atoms with Gasteiger partial charge in [-0.2, -0.15) is 0 Å². The minimum absolute atomic E-state index is 0.104. The highest BCUT2D eigenvalue weighted by atomic mass is 16.2. The van der Waals surface area contributed by atoms with Crippen molar-refractivity contribution in [3.63, 3.8) is 0 Å². The van der Waals surface area contributed by atoms with Crippen LogP contribution in [0.5, 0.6) is 0 Å². The normalized spacial score (nSPS) is 22.0. The Morgan fingerprint density at radius 3 is 2.75 bits per heavy atom. The minimum atomic E-state index is -0.104. The molecule has 1 amide bonds. The Labute approximate surface area is 145 Å². The van der Waals surface area contributed by atoms with E-state index in [1.807, 2.05) is 6.07 Å². The number of benzene rings is 1. The predicted molar refractivity (Wildman–Crippen MR) is 95.8 cm³/mol. The first-order chi connectivity index (χ1) is 11.7. The van der Waals surface area contributed by atoms with Gasteiger partial charge in [0.2, 0.25) is 5.91 Å². The summed E-state index contributed by atoms with van der Waals surface area (Å²) in [4.78, 5) is 14.9. The Bertz CT molecular complexity index is 589. The van der Waals surface area contributed by atoms with E-state index in [4.69, 9.17) is 6.42 Å². The van der Waals surface area contributed by atoms with E-state index in [-0.39, 0.29) is 11.6 Å². The highest BCUT2D eigenvalue weighted by Gasteiger charge is 2.41. The van der Waals surface area contributed by atoms with Crippen molar-refractivity contribution < 1.29 is 4.79 Å². The molecule has 128 valence electrons. The molecule has 4 heteroatoms. The lowest BCUT2D eigenvalue weighted by Crippen LogP contribution is -2.45. The van der Waals surface area contributed by atoms with Crippen LogP contribution in [0.1, 0.15) is 50.5 Å². The van der Waals surface area contributed by atoms with E-state index in [9.17, 15) is 4.79 Å². The number of carbonyl (C=O) groups excluding carboxylic acids is 1. The molecule has 1 aromatic carbocycles. The van der Waals surface area contributed by atoms with Gasteiger partial charge < -0.3 is 4.90 Å². The summed E-state index contributed by atoms with van der Waals surface area (Å²) in [5.74, 6) is 2.96. The van der Waals surface area contributed by atoms with Crippen LogP contribution in [0, 0.1) is 12.3 Å². The summed E-state index contributed by atoms with van der Waals surface area (Å²) in [7, 11) is 0. The van der Waals surface area contributed by atoms with Gasteiger partial charge in [0.25, 0.3) is 0 Å². The quantitative estimate of drug-likeness (QED) is 0.598. The molecule has 2 N–H and O–H groups in total. The number of hydrogen-bond acceptors (Lipinski definition) is 3. The van der Waals surface area contributed by atoms with Crippen LogP contribution in [-0.2, 0) is 11.2 Å². The molecule has 0 spiro atoms. The molecule has 0 aromatic heterocycles. The smallest absolute Gasteiger partial charge is 0.222 e. The van der Waals surface area contributed by atoms with Gasteiger partial charge >= 0.3 is 0 Å². The number of amides is 1. The molecule has 2 fully saturated rings. The van der Waals surface area contributed by atoms with Crippen LogP contribution in [0.25, 0.3) is 0 Å². The largest absolute Gasteiger partial charge is 0.339 e. The fourth-order valence-electron chi connectivity index (χ4n) is 3.64. The van der Waals surface area contributed by atoms with Crippen LogP contribution in [-0.4, -0.2) is 29.1 Å². The number of rotatable bonds is 7. The van der Waals surface area contributed by atoms with Crippen LogP contribution in [0.4, 0.5) is 0 Å². The average Bonchev–Trinajstić information content (AvgIpc) is 3.40. The molecule has 2 aliphatic rings. The summed E-state index contributed by atoms with van der Waals surface area (Å²) in [6, 6.07) is 10.8. The molecule has 0 bridgehead atoms. The van der Waals surface area contributed by atoms with Crippen LogP contribution in [0.2, 0.25) is 0 Å². The summed E-state index contributed by atoms with van der Waals surface area (Å²) in [6.45, 7) is 0.897. The van der Waals surface area contributed by atoms with Crippen molar-refractivity contribution in [1.82, 2.24) is 15.8 Å². The first-order valence-electron chi connectivity index (χ1n) is 9.04. The molecule has 2 heterocycles. The molecule has 0 saturated carbocycles. The van der Waals surface area contributed by atoms with Gasteiger partial charge in [-0.05, 0) is 44.1 Å². The minimum Gasteiger partial charge on any atom is -0.339 e. The number of hydrogen-bond donors (Lipinski definition) is 2. The van der Waals surface area contributed by atoms with E-state index in [1.165, 1.54) is 12.0 Å². The Morgan fingerprint density at radius 1 is 1.25 bits per heavy atom. The lowest BCUT2D eigenvalue weighted by molar-refractivity contribution is -0.135. The number of nitrogens with one attached hydrogen (secondary N) is 2. The third-order valence-electron chi connectivity index (χ3n) is 5.20. The SMILES string of the molecule is C#CCCC1(CCC(=O)N2CCCCC2Cc2ccccc2)NN1. The summed E-state index contributed by atoms with van der Waals surface area (Å²) in [5, 5.41) is 0. The molecule has 0 aliphatic carbocycles. The highest BCUT2D eigenvalue weighted by Crippen LogP contribution is 2.26. The van der Waals surface area contributed by atoms with E-state index in [0.717, 1.165) is 45.1 Å². The van der Waals surface area contributed by atoms with Gasteiger partial charge in [0.15, 0.2) is 0 Å². The third kappa shape index (κ3) is 4.37. The monoisotopic (exact) mass is 325 g/mol. The zero-order valence-electron chi connectivity index (χ0n) is 14.3. The molecule has 3 rings (SSSR count). The molecule has 1 unspecified atom stereocenters. The van der Waals surface area contributed by atoms with Crippen molar-refractivity contribution in [3.8, 4) is 12.3 Å². The number of piperidine rings is 1. The zero-order chi connectivity index (χ0) is 16.8. The first kappa shape index (κ1) is 17.0. The Kier molecular flexibility index (Phi) is 5.55. The second-order valence-electron chi connectivity index (χ2n) is 6.96. The molecule has 1 atom stereocenters. The van der Waals surface area contributed by atoms with Crippen LogP contribution in [0.3, 0.4) is 0 Å². The summed E-state index contributed by atoms with van der Waals surface area (Å²) >= 11 is 0. The third-order valence-corrected chi connectivity index (χ3v) is 5.20. The molecule has 1 aromatic rings. The Balaban J connectivity index is 1.55. The fraction of sp³-hybridized carbons (Fsp3) is 0.550. The summed E-state index contributed by atoms with van der Waals surface area (Å²) in [6.07, 6.45) is 12.8. The topological polar surface area (TPSA) is 64.2 Å².